The number of nitro benzene ring substituents is 1. The number of para-hydroxylation sites is 1. The van der Waals surface area contributed by atoms with Crippen molar-refractivity contribution in [1.82, 2.24) is 15.7 Å². The summed E-state index contributed by atoms with van der Waals surface area (Å²) in [5.74, 6) is 0. The molecule has 4 unspecified atom stereocenters. The van der Waals surface area contributed by atoms with Crippen molar-refractivity contribution in [3.8, 4) is 0 Å². The summed E-state index contributed by atoms with van der Waals surface area (Å²) in [6.45, 7) is -0.210. The molecule has 0 aliphatic carbocycles. The minimum absolute atomic E-state index is 0. The molecule has 5 N–H and O–H groups in total. The highest BCUT2D eigenvalue weighted by Crippen LogP contribution is 2.52. The molecule has 2 aliphatic rings. The Morgan fingerprint density at radius 2 is 2.20 bits per heavy atom. The van der Waals surface area contributed by atoms with Crippen molar-refractivity contribution in [3.05, 3.63) is 34.6 Å². The van der Waals surface area contributed by atoms with Crippen LogP contribution in [0.15, 0.2) is 24.5 Å². The molecule has 1 aromatic heterocycles. The van der Waals surface area contributed by atoms with Crippen molar-refractivity contribution in [2.45, 2.75) is 24.5 Å². The lowest BCUT2D eigenvalue weighted by molar-refractivity contribution is -0.383. The summed E-state index contributed by atoms with van der Waals surface area (Å²) in [4.78, 5) is 23.9. The Bertz CT molecular complexity index is 872. The highest BCUT2D eigenvalue weighted by Gasteiger charge is 2.52. The smallest absolute Gasteiger partial charge is 0.386 e. The number of hydrogen-bond acceptors (Lipinski definition) is 9. The second kappa shape index (κ2) is 6.11. The first-order chi connectivity index (χ1) is 11.4. The molecule has 0 spiro atoms. The van der Waals surface area contributed by atoms with Crippen molar-refractivity contribution < 1.29 is 33.3 Å². The van der Waals surface area contributed by atoms with Crippen LogP contribution in [0.1, 0.15) is 6.23 Å². The van der Waals surface area contributed by atoms with E-state index in [1.807, 2.05) is 0 Å². The maximum Gasteiger partial charge on any atom is 0.472 e. The third kappa shape index (κ3) is 2.83. The van der Waals surface area contributed by atoms with Crippen molar-refractivity contribution in [2.24, 2.45) is 0 Å². The van der Waals surface area contributed by atoms with Crippen molar-refractivity contribution >= 4 is 24.5 Å². The molecule has 2 aliphatic heterocycles. The van der Waals surface area contributed by atoms with E-state index < -0.39 is 37.3 Å². The molecule has 2 fully saturated rings. The Labute approximate surface area is 140 Å². The molecular weight excluding hydrogens is 359 g/mol. The van der Waals surface area contributed by atoms with Crippen LogP contribution in [-0.4, -0.2) is 49.4 Å². The Balaban J connectivity index is 0.00000182. The summed E-state index contributed by atoms with van der Waals surface area (Å²) in [6, 6.07) is 4.42. The largest absolute Gasteiger partial charge is 0.472 e. The van der Waals surface area contributed by atoms with E-state index in [9.17, 15) is 24.7 Å². The van der Waals surface area contributed by atoms with E-state index in [0.29, 0.717) is 5.52 Å². The molecule has 12 nitrogen and oxygen atoms in total. The van der Waals surface area contributed by atoms with Gasteiger partial charge in [0.25, 0.3) is 5.69 Å². The van der Waals surface area contributed by atoms with E-state index in [1.54, 1.807) is 6.07 Å². The summed E-state index contributed by atoms with van der Waals surface area (Å²) in [7, 11) is -4.22. The number of hydrogen-bond donors (Lipinski definition) is 3. The quantitative estimate of drug-likeness (QED) is 0.387. The number of fused-ring (bicyclic) bond motifs is 2. The standard InChI is InChI=1S/C12H12N3O8P.H3N/c16-10-11-8(4-21-24(19,20)23-11)22-12(10)14-5-13-9-6(14)2-1-3-7(9)15(17)18;/h1-3,5,8,10-12,16H,4H2,(H,19,20);1H3/t8?,10?,11-,12?;/m1./s1. The van der Waals surface area contributed by atoms with Crippen LogP contribution in [0.2, 0.25) is 0 Å². The third-order valence-electron chi connectivity index (χ3n) is 4.02. The number of rotatable bonds is 2. The number of phosphoric ester groups is 1. The van der Waals surface area contributed by atoms with Crippen molar-refractivity contribution in [1.29, 1.82) is 0 Å². The topological polar surface area (TPSA) is 181 Å². The van der Waals surface area contributed by atoms with Crippen molar-refractivity contribution in [2.75, 3.05) is 6.61 Å². The maximum atomic E-state index is 11.5. The monoisotopic (exact) mass is 374 g/mol. The van der Waals surface area contributed by atoms with E-state index in [0.717, 1.165) is 0 Å². The van der Waals surface area contributed by atoms with Gasteiger partial charge in [0.1, 0.15) is 18.3 Å². The van der Waals surface area contributed by atoms with Gasteiger partial charge in [0.05, 0.1) is 23.4 Å². The predicted octanol–water partition coefficient (Wildman–Crippen LogP) is 0.881. The van der Waals surface area contributed by atoms with E-state index in [1.165, 1.54) is 23.0 Å². The van der Waals surface area contributed by atoms with Gasteiger partial charge >= 0.3 is 7.82 Å². The summed E-state index contributed by atoms with van der Waals surface area (Å²) < 4.78 is 28.1. The molecule has 2 aromatic rings. The van der Waals surface area contributed by atoms with Gasteiger partial charge in [-0.25, -0.2) is 9.55 Å². The number of aliphatic hydroxyl groups is 1. The lowest BCUT2D eigenvalue weighted by Gasteiger charge is -2.27. The van der Waals surface area contributed by atoms with Gasteiger partial charge in [-0.05, 0) is 6.07 Å². The number of aliphatic hydroxyl groups excluding tert-OH is 1. The van der Waals surface area contributed by atoms with Crippen LogP contribution < -0.4 is 6.15 Å². The van der Waals surface area contributed by atoms with Gasteiger partial charge in [-0.2, -0.15) is 0 Å². The molecule has 0 radical (unpaired) electrons. The molecule has 2 saturated heterocycles. The Kier molecular flexibility index (Phi) is 4.37. The molecule has 1 aromatic carbocycles. The van der Waals surface area contributed by atoms with Gasteiger partial charge in [0, 0.05) is 6.07 Å². The predicted molar refractivity (Wildman–Crippen MR) is 82.0 cm³/mol. The zero-order valence-corrected chi connectivity index (χ0v) is 13.6. The van der Waals surface area contributed by atoms with E-state index >= 15 is 0 Å². The fourth-order valence-corrected chi connectivity index (χ4v) is 3.92. The average molecular weight is 374 g/mol. The lowest BCUT2D eigenvalue weighted by Crippen LogP contribution is -2.39. The first-order valence-electron chi connectivity index (χ1n) is 6.96. The Morgan fingerprint density at radius 3 is 2.92 bits per heavy atom. The summed E-state index contributed by atoms with van der Waals surface area (Å²) in [6.07, 6.45) is -2.72. The minimum atomic E-state index is -4.22. The number of aromatic nitrogens is 2. The number of phosphoric acid groups is 1. The highest BCUT2D eigenvalue weighted by atomic mass is 31.2. The molecule has 13 heteroatoms. The van der Waals surface area contributed by atoms with Gasteiger partial charge in [0.2, 0.25) is 0 Å². The average Bonchev–Trinajstić information content (AvgIpc) is 3.08. The molecule has 3 heterocycles. The lowest BCUT2D eigenvalue weighted by atomic mass is 10.1. The molecule has 25 heavy (non-hydrogen) atoms. The molecule has 0 amide bonds. The number of benzene rings is 1. The molecule has 136 valence electrons. The fraction of sp³-hybridized carbons (Fsp3) is 0.417. The van der Waals surface area contributed by atoms with Gasteiger partial charge in [-0.1, -0.05) is 6.07 Å². The third-order valence-corrected chi connectivity index (χ3v) is 5.01. The van der Waals surface area contributed by atoms with Crippen LogP contribution in [0.3, 0.4) is 0 Å². The molecular formula is C12H15N4O8P. The Hall–Kier alpha value is -1.92. The molecule has 0 bridgehead atoms. The van der Waals surface area contributed by atoms with Crippen LogP contribution in [-0.2, 0) is 18.3 Å². The second-order valence-electron chi connectivity index (χ2n) is 5.44. The number of non-ortho nitro benzene ring substituents is 1. The van der Waals surface area contributed by atoms with E-state index in [-0.39, 0.29) is 24.0 Å². The second-order valence-corrected chi connectivity index (χ2v) is 6.85. The van der Waals surface area contributed by atoms with Gasteiger partial charge < -0.3 is 25.5 Å². The molecule has 4 rings (SSSR count). The van der Waals surface area contributed by atoms with Crippen LogP contribution in [0.4, 0.5) is 5.69 Å². The summed E-state index contributed by atoms with van der Waals surface area (Å²) in [5.41, 5.74) is 0.369. The summed E-state index contributed by atoms with van der Waals surface area (Å²) >= 11 is 0. The first-order valence-corrected chi connectivity index (χ1v) is 8.46. The minimum Gasteiger partial charge on any atom is -0.386 e. The number of ether oxygens (including phenoxy) is 1. The van der Waals surface area contributed by atoms with E-state index in [2.05, 4.69) is 9.51 Å². The number of nitro groups is 1. The zero-order chi connectivity index (χ0) is 17.1. The summed E-state index contributed by atoms with van der Waals surface area (Å²) in [5, 5.41) is 21.5. The van der Waals surface area contributed by atoms with E-state index in [4.69, 9.17) is 9.26 Å². The first kappa shape index (κ1) is 17.9. The van der Waals surface area contributed by atoms with Crippen molar-refractivity contribution in [3.63, 3.8) is 0 Å². The number of nitrogens with zero attached hydrogens (tertiary/aromatic N) is 3. The zero-order valence-electron chi connectivity index (χ0n) is 12.7. The van der Waals surface area contributed by atoms with Crippen LogP contribution in [0.5, 0.6) is 0 Å². The van der Waals surface area contributed by atoms with Crippen LogP contribution in [0, 0.1) is 10.1 Å². The van der Waals surface area contributed by atoms with Crippen LogP contribution >= 0.6 is 7.82 Å². The molecule has 5 atom stereocenters. The van der Waals surface area contributed by atoms with Gasteiger partial charge in [-0.15, -0.1) is 0 Å². The molecule has 0 saturated carbocycles. The Morgan fingerprint density at radius 1 is 1.44 bits per heavy atom. The number of imidazole rings is 1. The van der Waals surface area contributed by atoms with Gasteiger partial charge in [-0.3, -0.25) is 19.2 Å². The highest BCUT2D eigenvalue weighted by molar-refractivity contribution is 7.47. The normalized spacial score (nSPS) is 34.5. The maximum absolute atomic E-state index is 11.5. The SMILES string of the molecule is N.O=[N+]([O-])c1cccc2c1ncn2C1OC2COP(=O)(O)O[C@H]2C1O. The van der Waals surface area contributed by atoms with Gasteiger partial charge in [0.15, 0.2) is 11.7 Å². The van der Waals surface area contributed by atoms with Crippen LogP contribution in [0.25, 0.3) is 11.0 Å². The fourth-order valence-electron chi connectivity index (χ4n) is 2.96.